The van der Waals surface area contributed by atoms with Crippen LogP contribution in [-0.4, -0.2) is 30.4 Å². The first-order valence-electron chi connectivity index (χ1n) is 8.00. The van der Waals surface area contributed by atoms with Crippen molar-refractivity contribution >= 4 is 15.9 Å². The van der Waals surface area contributed by atoms with Crippen molar-refractivity contribution in [1.82, 2.24) is 4.31 Å². The van der Waals surface area contributed by atoms with Crippen LogP contribution in [0.3, 0.4) is 0 Å². The zero-order valence-corrected chi connectivity index (χ0v) is 13.5. The predicted octanol–water partition coefficient (Wildman–Crippen LogP) is 2.32. The fourth-order valence-corrected chi connectivity index (χ4v) is 8.18. The van der Waals surface area contributed by atoms with Crippen LogP contribution in [0.2, 0.25) is 0 Å². The van der Waals surface area contributed by atoms with Gasteiger partial charge in [0.2, 0.25) is 15.9 Å². The predicted molar refractivity (Wildman–Crippen MR) is 79.8 cm³/mol. The maximum Gasteiger partial charge on any atom is 0.240 e. The number of carbonyl (C=O) groups excluding carboxylic acids is 1. The number of rotatable bonds is 1. The molecule has 1 amide bonds. The lowest BCUT2D eigenvalue weighted by Gasteiger charge is -2.37. The minimum atomic E-state index is -3.44. The quantitative estimate of drug-likeness (QED) is 0.699. The Morgan fingerprint density at radius 3 is 2.52 bits per heavy atom. The highest BCUT2D eigenvalue weighted by Gasteiger charge is 2.72. The molecule has 0 N–H and O–H groups in total. The van der Waals surface area contributed by atoms with E-state index in [1.54, 1.807) is 0 Å². The largest absolute Gasteiger partial charge is 0.273 e. The van der Waals surface area contributed by atoms with Gasteiger partial charge in [0.05, 0.1) is 11.8 Å². The Bertz CT molecular complexity index is 628. The molecule has 4 nitrogen and oxygen atoms in total. The first kappa shape index (κ1) is 13.8. The van der Waals surface area contributed by atoms with Gasteiger partial charge in [-0.15, -0.1) is 0 Å². The number of sulfonamides is 1. The van der Waals surface area contributed by atoms with E-state index in [9.17, 15) is 13.2 Å². The second kappa shape index (κ2) is 3.92. The Kier molecular flexibility index (Phi) is 2.57. The Balaban J connectivity index is 1.74. The van der Waals surface area contributed by atoms with Gasteiger partial charge in [-0.25, -0.2) is 12.7 Å². The van der Waals surface area contributed by atoms with Gasteiger partial charge in [0.1, 0.15) is 0 Å². The smallest absolute Gasteiger partial charge is 0.240 e. The molecule has 0 radical (unpaired) electrons. The monoisotopic (exact) mass is 309 g/mol. The highest BCUT2D eigenvalue weighted by molar-refractivity contribution is 7.90. The molecule has 1 aliphatic heterocycles. The lowest BCUT2D eigenvalue weighted by atomic mass is 9.69. The van der Waals surface area contributed by atoms with E-state index < -0.39 is 10.0 Å². The molecule has 2 bridgehead atoms. The number of hydrogen-bond donors (Lipinski definition) is 0. The molecule has 0 aromatic heterocycles. The van der Waals surface area contributed by atoms with Gasteiger partial charge >= 0.3 is 0 Å². The number of nitrogens with zero attached hydrogens (tertiary/aromatic N) is 1. The molecule has 4 aliphatic rings. The second-order valence-corrected chi connectivity index (χ2v) is 9.74. The van der Waals surface area contributed by atoms with Crippen molar-refractivity contribution < 1.29 is 13.2 Å². The van der Waals surface area contributed by atoms with Gasteiger partial charge in [-0.1, -0.05) is 26.0 Å². The number of fused-ring (bicyclic) bond motifs is 1. The normalized spacial score (nSPS) is 42.7. The summed E-state index contributed by atoms with van der Waals surface area (Å²) in [6.07, 6.45) is 8.32. The Morgan fingerprint density at radius 1 is 1.24 bits per heavy atom. The third kappa shape index (κ3) is 1.51. The van der Waals surface area contributed by atoms with E-state index in [-0.39, 0.29) is 34.4 Å². The van der Waals surface area contributed by atoms with Crippen LogP contribution in [0.4, 0.5) is 0 Å². The molecule has 1 heterocycles. The fraction of sp³-hybridized carbons (Fsp3) is 0.812. The molecular formula is C16H23NO3S. The topological polar surface area (TPSA) is 54.5 Å². The summed E-state index contributed by atoms with van der Waals surface area (Å²) >= 11 is 0. The molecule has 21 heavy (non-hydrogen) atoms. The lowest BCUT2D eigenvalue weighted by molar-refractivity contribution is -0.132. The molecule has 1 spiro atoms. The highest BCUT2D eigenvalue weighted by Crippen LogP contribution is 2.70. The van der Waals surface area contributed by atoms with E-state index >= 15 is 0 Å². The third-order valence-electron chi connectivity index (χ3n) is 6.99. The molecule has 2 saturated carbocycles. The molecule has 3 aliphatic carbocycles. The van der Waals surface area contributed by atoms with Gasteiger partial charge in [0.15, 0.2) is 0 Å². The van der Waals surface area contributed by atoms with Gasteiger partial charge in [0.25, 0.3) is 0 Å². The average molecular weight is 309 g/mol. The standard InChI is InChI=1S/C16H23NO3S/c1-15(2)12-7-8-16(15)10-21(19,20)17(13(16)9-12)14(18)11-5-3-4-6-11/h3-4,11-13H,5-10H2,1-2H3/t12-,13-,16+/m1/s1. The van der Waals surface area contributed by atoms with Crippen LogP contribution in [0.25, 0.3) is 0 Å². The Morgan fingerprint density at radius 2 is 1.90 bits per heavy atom. The van der Waals surface area contributed by atoms with Crippen molar-refractivity contribution in [2.45, 2.75) is 52.0 Å². The van der Waals surface area contributed by atoms with Crippen LogP contribution < -0.4 is 0 Å². The number of allylic oxidation sites excluding steroid dienone is 2. The van der Waals surface area contributed by atoms with Gasteiger partial charge in [-0.3, -0.25) is 4.79 Å². The lowest BCUT2D eigenvalue weighted by Crippen LogP contribution is -2.46. The third-order valence-corrected chi connectivity index (χ3v) is 8.90. The molecule has 0 unspecified atom stereocenters. The van der Waals surface area contributed by atoms with E-state index in [1.165, 1.54) is 4.31 Å². The van der Waals surface area contributed by atoms with Gasteiger partial charge in [-0.2, -0.15) is 0 Å². The molecule has 0 aromatic carbocycles. The minimum Gasteiger partial charge on any atom is -0.273 e. The summed E-state index contributed by atoms with van der Waals surface area (Å²) < 4.78 is 26.8. The maximum atomic E-state index is 12.8. The first-order chi connectivity index (χ1) is 9.80. The molecule has 5 heteroatoms. The molecular weight excluding hydrogens is 286 g/mol. The van der Waals surface area contributed by atoms with Crippen molar-refractivity contribution in [3.05, 3.63) is 12.2 Å². The Hall–Kier alpha value is -0.840. The fourth-order valence-electron chi connectivity index (χ4n) is 5.58. The Labute approximate surface area is 126 Å². The summed E-state index contributed by atoms with van der Waals surface area (Å²) in [4.78, 5) is 12.8. The van der Waals surface area contributed by atoms with Crippen LogP contribution >= 0.6 is 0 Å². The van der Waals surface area contributed by atoms with Crippen molar-refractivity contribution in [2.24, 2.45) is 22.7 Å². The highest BCUT2D eigenvalue weighted by atomic mass is 32.2. The SMILES string of the molecule is CC1(C)[C@@H]2CC[C@@]13CS(=O)(=O)N(C(=O)C1CC=CC1)[C@@H]3C2. The maximum absolute atomic E-state index is 12.8. The average Bonchev–Trinajstić information content (AvgIpc) is 3.08. The van der Waals surface area contributed by atoms with Crippen LogP contribution in [-0.2, 0) is 14.8 Å². The zero-order chi connectivity index (χ0) is 15.0. The number of carbonyl (C=O) groups is 1. The minimum absolute atomic E-state index is 0.0354. The summed E-state index contributed by atoms with van der Waals surface area (Å²) in [6.45, 7) is 4.43. The number of amides is 1. The summed E-state index contributed by atoms with van der Waals surface area (Å²) in [5, 5.41) is 0. The second-order valence-electron chi connectivity index (χ2n) is 7.89. The van der Waals surface area contributed by atoms with Crippen LogP contribution in [0, 0.1) is 22.7 Å². The van der Waals surface area contributed by atoms with E-state index in [2.05, 4.69) is 13.8 Å². The van der Waals surface area contributed by atoms with E-state index in [4.69, 9.17) is 0 Å². The van der Waals surface area contributed by atoms with Crippen molar-refractivity contribution in [3.8, 4) is 0 Å². The van der Waals surface area contributed by atoms with Gasteiger partial charge in [0, 0.05) is 11.3 Å². The van der Waals surface area contributed by atoms with Crippen molar-refractivity contribution in [3.63, 3.8) is 0 Å². The first-order valence-corrected chi connectivity index (χ1v) is 9.61. The van der Waals surface area contributed by atoms with Crippen molar-refractivity contribution in [2.75, 3.05) is 5.75 Å². The summed E-state index contributed by atoms with van der Waals surface area (Å²) in [6, 6.07) is -0.0793. The van der Waals surface area contributed by atoms with E-state index in [0.29, 0.717) is 18.8 Å². The van der Waals surface area contributed by atoms with Crippen LogP contribution in [0.5, 0.6) is 0 Å². The zero-order valence-electron chi connectivity index (χ0n) is 12.7. The number of hydrogen-bond acceptors (Lipinski definition) is 3. The molecule has 4 rings (SSSR count). The van der Waals surface area contributed by atoms with E-state index in [0.717, 1.165) is 19.3 Å². The van der Waals surface area contributed by atoms with Gasteiger partial charge in [-0.05, 0) is 43.4 Å². The van der Waals surface area contributed by atoms with Gasteiger partial charge < -0.3 is 0 Å². The van der Waals surface area contributed by atoms with Crippen LogP contribution in [0.15, 0.2) is 12.2 Å². The molecule has 116 valence electrons. The molecule has 3 fully saturated rings. The van der Waals surface area contributed by atoms with Crippen LogP contribution in [0.1, 0.15) is 46.0 Å². The molecule has 3 atom stereocenters. The molecule has 1 saturated heterocycles. The van der Waals surface area contributed by atoms with E-state index in [1.807, 2.05) is 12.2 Å². The molecule has 0 aromatic rings. The summed E-state index contributed by atoms with van der Waals surface area (Å²) in [5.41, 5.74) is -0.161. The van der Waals surface area contributed by atoms with Crippen molar-refractivity contribution in [1.29, 1.82) is 0 Å². The summed E-state index contributed by atoms with van der Waals surface area (Å²) in [5.74, 6) is 0.442. The summed E-state index contributed by atoms with van der Waals surface area (Å²) in [7, 11) is -3.44.